The van der Waals surface area contributed by atoms with Gasteiger partial charge in [-0.05, 0) is 20.8 Å². The van der Waals surface area contributed by atoms with E-state index >= 15 is 0 Å². The van der Waals surface area contributed by atoms with Gasteiger partial charge in [0.15, 0.2) is 11.2 Å². The number of Topliss-reactive ketones (excluding diaryl/α,β-unsaturated/α-hetero) is 1. The summed E-state index contributed by atoms with van der Waals surface area (Å²) in [7, 11) is 1.53. The summed E-state index contributed by atoms with van der Waals surface area (Å²) in [6.45, 7) is 5.45. The van der Waals surface area contributed by atoms with E-state index in [0.717, 1.165) is 5.56 Å². The van der Waals surface area contributed by atoms with Crippen molar-refractivity contribution in [1.29, 1.82) is 0 Å². The largest absolute Gasteiger partial charge is 0.500 e. The molecule has 1 aliphatic carbocycles. The highest BCUT2D eigenvalue weighted by Gasteiger charge is 2.42. The van der Waals surface area contributed by atoms with E-state index in [0.29, 0.717) is 22.9 Å². The molecule has 4 nitrogen and oxygen atoms in total. The third-order valence-electron chi connectivity index (χ3n) is 4.25. The van der Waals surface area contributed by atoms with Crippen molar-refractivity contribution < 1.29 is 13.9 Å². The van der Waals surface area contributed by atoms with Crippen LogP contribution in [0.4, 0.5) is 0 Å². The van der Waals surface area contributed by atoms with E-state index in [2.05, 4.69) is 0 Å². The van der Waals surface area contributed by atoms with Gasteiger partial charge in [0.25, 0.3) is 0 Å². The van der Waals surface area contributed by atoms with Crippen LogP contribution < -0.4 is 5.43 Å². The van der Waals surface area contributed by atoms with Crippen LogP contribution in [0.2, 0.25) is 0 Å². The monoisotopic (exact) mass is 310 g/mol. The molecule has 0 fully saturated rings. The molecule has 0 saturated heterocycles. The zero-order valence-electron chi connectivity index (χ0n) is 13.6. The molecule has 1 heterocycles. The quantitative estimate of drug-likeness (QED) is 0.848. The third kappa shape index (κ3) is 2.22. The van der Waals surface area contributed by atoms with Crippen molar-refractivity contribution in [1.82, 2.24) is 0 Å². The first-order chi connectivity index (χ1) is 10.9. The fraction of sp³-hybridized carbons (Fsp3) is 0.263. The molecule has 1 aliphatic rings. The maximum Gasteiger partial charge on any atom is 0.199 e. The lowest BCUT2D eigenvalue weighted by Crippen LogP contribution is -2.35. The van der Waals surface area contributed by atoms with Gasteiger partial charge in [-0.15, -0.1) is 0 Å². The van der Waals surface area contributed by atoms with Gasteiger partial charge in [-0.3, -0.25) is 9.59 Å². The van der Waals surface area contributed by atoms with E-state index in [-0.39, 0.29) is 16.8 Å². The van der Waals surface area contributed by atoms with Crippen LogP contribution in [0.3, 0.4) is 0 Å². The van der Waals surface area contributed by atoms with E-state index < -0.39 is 5.41 Å². The molecule has 0 bridgehead atoms. The molecule has 0 unspecified atom stereocenters. The standard InChI is InChI=1S/C19H18O4/c1-11-16(21)15-13(20)10-14(12-8-6-5-7-9-12)23-18(15)19(2,3)17(11)22-4/h5-10H,1-4H3. The van der Waals surface area contributed by atoms with Crippen LogP contribution in [0.1, 0.15) is 36.9 Å². The van der Waals surface area contributed by atoms with Crippen LogP contribution in [-0.4, -0.2) is 12.9 Å². The Labute approximate surface area is 134 Å². The number of allylic oxidation sites excluding steroid dienone is 2. The summed E-state index contributed by atoms with van der Waals surface area (Å²) in [6.07, 6.45) is 0. The second kappa shape index (κ2) is 5.23. The van der Waals surface area contributed by atoms with Crippen LogP contribution in [0.25, 0.3) is 11.3 Å². The molecule has 0 saturated carbocycles. The van der Waals surface area contributed by atoms with Gasteiger partial charge in [-0.25, -0.2) is 0 Å². The minimum Gasteiger partial charge on any atom is -0.500 e. The Morgan fingerprint density at radius 2 is 1.74 bits per heavy atom. The number of ether oxygens (including phenoxy) is 1. The summed E-state index contributed by atoms with van der Waals surface area (Å²) in [6, 6.07) is 10.7. The van der Waals surface area contributed by atoms with Gasteiger partial charge >= 0.3 is 0 Å². The number of benzene rings is 1. The van der Waals surface area contributed by atoms with Crippen molar-refractivity contribution in [3.05, 3.63) is 69.3 Å². The number of hydrogen-bond donors (Lipinski definition) is 0. The first-order valence-corrected chi connectivity index (χ1v) is 7.42. The summed E-state index contributed by atoms with van der Waals surface area (Å²) in [5, 5.41) is 0. The van der Waals surface area contributed by atoms with Crippen LogP contribution in [-0.2, 0) is 10.2 Å². The molecular formula is C19H18O4. The lowest BCUT2D eigenvalue weighted by atomic mass is 9.76. The topological polar surface area (TPSA) is 56.5 Å². The summed E-state index contributed by atoms with van der Waals surface area (Å²) >= 11 is 0. The van der Waals surface area contributed by atoms with Crippen LogP contribution in [0.5, 0.6) is 0 Å². The van der Waals surface area contributed by atoms with E-state index in [9.17, 15) is 9.59 Å². The number of ketones is 1. The molecule has 0 atom stereocenters. The normalized spacial score (nSPS) is 16.3. The Kier molecular flexibility index (Phi) is 3.48. The molecule has 118 valence electrons. The maximum absolute atomic E-state index is 12.6. The predicted molar refractivity (Wildman–Crippen MR) is 87.5 cm³/mol. The average molecular weight is 310 g/mol. The lowest BCUT2D eigenvalue weighted by molar-refractivity contribution is 0.0992. The van der Waals surface area contributed by atoms with E-state index in [1.165, 1.54) is 13.2 Å². The fourth-order valence-corrected chi connectivity index (χ4v) is 3.16. The van der Waals surface area contributed by atoms with Gasteiger partial charge in [-0.1, -0.05) is 30.3 Å². The van der Waals surface area contributed by atoms with Crippen LogP contribution in [0, 0.1) is 0 Å². The summed E-state index contributed by atoms with van der Waals surface area (Å²) in [5.41, 5.74) is 0.336. The van der Waals surface area contributed by atoms with Crippen LogP contribution >= 0.6 is 0 Å². The first kappa shape index (κ1) is 15.3. The van der Waals surface area contributed by atoms with Gasteiger partial charge < -0.3 is 9.15 Å². The summed E-state index contributed by atoms with van der Waals surface area (Å²) in [4.78, 5) is 25.1. The molecule has 0 spiro atoms. The SMILES string of the molecule is COC1=C(C)C(=O)c2c(oc(-c3ccccc3)cc2=O)C1(C)C. The fourth-order valence-electron chi connectivity index (χ4n) is 3.16. The average Bonchev–Trinajstić information content (AvgIpc) is 2.53. The van der Waals surface area contributed by atoms with E-state index in [4.69, 9.17) is 9.15 Å². The Morgan fingerprint density at radius 1 is 1.09 bits per heavy atom. The van der Waals surface area contributed by atoms with Crippen molar-refractivity contribution in [2.45, 2.75) is 26.2 Å². The highest BCUT2D eigenvalue weighted by atomic mass is 16.5. The van der Waals surface area contributed by atoms with Crippen molar-refractivity contribution in [3.8, 4) is 11.3 Å². The molecule has 4 heteroatoms. The molecule has 23 heavy (non-hydrogen) atoms. The van der Waals surface area contributed by atoms with Gasteiger partial charge in [0, 0.05) is 17.2 Å². The zero-order chi connectivity index (χ0) is 16.8. The molecule has 0 amide bonds. The van der Waals surface area contributed by atoms with Crippen LogP contribution in [0.15, 0.2) is 56.9 Å². The molecule has 3 rings (SSSR count). The second-order valence-electron chi connectivity index (χ2n) is 6.16. The number of methoxy groups -OCH3 is 1. The minimum atomic E-state index is -0.688. The molecule has 1 aromatic heterocycles. The maximum atomic E-state index is 12.6. The summed E-state index contributed by atoms with van der Waals surface area (Å²) < 4.78 is 11.4. The van der Waals surface area contributed by atoms with Gasteiger partial charge in [0.1, 0.15) is 22.8 Å². The Hall–Kier alpha value is -2.62. The van der Waals surface area contributed by atoms with Crippen molar-refractivity contribution >= 4 is 5.78 Å². The lowest BCUT2D eigenvalue weighted by Gasteiger charge is -2.32. The van der Waals surface area contributed by atoms with Crippen molar-refractivity contribution in [2.75, 3.05) is 7.11 Å². The number of rotatable bonds is 2. The number of carbonyl (C=O) groups is 1. The van der Waals surface area contributed by atoms with E-state index in [1.54, 1.807) is 6.92 Å². The zero-order valence-corrected chi connectivity index (χ0v) is 13.6. The highest BCUT2D eigenvalue weighted by molar-refractivity contribution is 6.11. The number of fused-ring (bicyclic) bond motifs is 1. The van der Waals surface area contributed by atoms with Gasteiger partial charge in [0.2, 0.25) is 0 Å². The molecule has 0 N–H and O–H groups in total. The minimum absolute atomic E-state index is 0.105. The number of carbonyl (C=O) groups excluding carboxylic acids is 1. The highest BCUT2D eigenvalue weighted by Crippen LogP contribution is 2.41. The second-order valence-corrected chi connectivity index (χ2v) is 6.16. The molecule has 0 aliphatic heterocycles. The molecule has 0 radical (unpaired) electrons. The van der Waals surface area contributed by atoms with Crippen molar-refractivity contribution in [3.63, 3.8) is 0 Å². The molecule has 2 aromatic rings. The van der Waals surface area contributed by atoms with Gasteiger partial charge in [-0.2, -0.15) is 0 Å². The predicted octanol–water partition coefficient (Wildman–Crippen LogP) is 3.70. The van der Waals surface area contributed by atoms with E-state index in [1.807, 2.05) is 44.2 Å². The Bertz CT molecular complexity index is 870. The first-order valence-electron chi connectivity index (χ1n) is 7.42. The third-order valence-corrected chi connectivity index (χ3v) is 4.25. The van der Waals surface area contributed by atoms with Crippen molar-refractivity contribution in [2.24, 2.45) is 0 Å². The van der Waals surface area contributed by atoms with Gasteiger partial charge in [0.05, 0.1) is 12.5 Å². The Balaban J connectivity index is 2.31. The Morgan fingerprint density at radius 3 is 2.35 bits per heavy atom. The molecule has 1 aromatic carbocycles. The summed E-state index contributed by atoms with van der Waals surface area (Å²) in [5.74, 6) is 1.01. The number of hydrogen-bond acceptors (Lipinski definition) is 4. The smallest absolute Gasteiger partial charge is 0.199 e. The molecular weight excluding hydrogens is 292 g/mol.